The fourth-order valence-corrected chi connectivity index (χ4v) is 5.33. The molecular formula is C27H33N4O4+. The minimum absolute atomic E-state index is 0.152. The normalized spacial score (nSPS) is 24.5. The lowest BCUT2D eigenvalue weighted by molar-refractivity contribution is -0.909. The van der Waals surface area contributed by atoms with E-state index in [4.69, 9.17) is 9.84 Å². The topological polar surface area (TPSA) is 100 Å². The molecule has 3 aliphatic rings. The van der Waals surface area contributed by atoms with Gasteiger partial charge in [0.2, 0.25) is 5.69 Å². The van der Waals surface area contributed by atoms with Crippen molar-refractivity contribution in [1.29, 1.82) is 0 Å². The number of rotatable bonds is 7. The van der Waals surface area contributed by atoms with Gasteiger partial charge in [-0.15, -0.1) is 0 Å². The molecule has 0 aliphatic heterocycles. The lowest BCUT2D eigenvalue weighted by atomic mass is 9.79. The van der Waals surface area contributed by atoms with E-state index in [1.54, 1.807) is 25.1 Å². The molecule has 8 nitrogen and oxygen atoms in total. The highest BCUT2D eigenvalue weighted by Gasteiger charge is 2.45. The number of aryl methyl sites for hydroxylation is 1. The van der Waals surface area contributed by atoms with Crippen LogP contribution in [-0.4, -0.2) is 38.2 Å². The van der Waals surface area contributed by atoms with Crippen molar-refractivity contribution >= 4 is 22.5 Å². The van der Waals surface area contributed by atoms with Crippen molar-refractivity contribution < 1.29 is 24.6 Å². The minimum atomic E-state index is -0.482. The fraction of sp³-hybridized carbons (Fsp3) is 0.519. The van der Waals surface area contributed by atoms with Gasteiger partial charge in [-0.1, -0.05) is 0 Å². The minimum Gasteiger partial charge on any atom is -0.491 e. The quantitative estimate of drug-likeness (QED) is 0.350. The first-order valence-electron chi connectivity index (χ1n) is 12.8. The zero-order valence-corrected chi connectivity index (χ0v) is 20.1. The number of aromatic nitrogens is 3. The van der Waals surface area contributed by atoms with Crippen molar-refractivity contribution in [2.75, 3.05) is 11.9 Å². The predicted octanol–water partition coefficient (Wildman–Crippen LogP) is 4.17. The summed E-state index contributed by atoms with van der Waals surface area (Å²) in [6.07, 6.45) is 10.2. The lowest BCUT2D eigenvalue weighted by Crippen LogP contribution is -2.42. The lowest BCUT2D eigenvalue weighted by Gasteiger charge is -2.36. The third-order valence-electron chi connectivity index (χ3n) is 7.96. The second-order valence-electron chi connectivity index (χ2n) is 10.7. The molecule has 3 N–H and O–H groups in total. The number of carbonyl (C=O) groups is 1. The molecular weight excluding hydrogens is 444 g/mol. The van der Waals surface area contributed by atoms with E-state index in [0.29, 0.717) is 35.6 Å². The molecule has 8 heteroatoms. The van der Waals surface area contributed by atoms with Gasteiger partial charge in [-0.05, 0) is 75.3 Å². The van der Waals surface area contributed by atoms with E-state index in [0.717, 1.165) is 54.2 Å². The summed E-state index contributed by atoms with van der Waals surface area (Å²) in [5.74, 6) is 1.23. The van der Waals surface area contributed by atoms with Gasteiger partial charge in [-0.3, -0.25) is 14.7 Å². The van der Waals surface area contributed by atoms with Crippen LogP contribution in [0.4, 0.5) is 5.69 Å². The number of ether oxygens (including phenoxy) is 1. The Morgan fingerprint density at radius 3 is 2.69 bits per heavy atom. The molecule has 2 heterocycles. The summed E-state index contributed by atoms with van der Waals surface area (Å²) in [6, 6.07) is 9.11. The zero-order valence-electron chi connectivity index (χ0n) is 20.1. The predicted molar refractivity (Wildman–Crippen MR) is 130 cm³/mol. The van der Waals surface area contributed by atoms with Gasteiger partial charge < -0.3 is 15.2 Å². The Morgan fingerprint density at radius 1 is 1.20 bits per heavy atom. The molecule has 3 fully saturated rings. The molecule has 6 rings (SSSR count). The van der Waals surface area contributed by atoms with Crippen LogP contribution in [0, 0.1) is 18.8 Å². The summed E-state index contributed by atoms with van der Waals surface area (Å²) in [6.45, 7) is 2.35. The molecule has 0 bridgehead atoms. The number of amides is 1. The number of benzene rings is 1. The maximum atomic E-state index is 13.0. The highest BCUT2D eigenvalue weighted by molar-refractivity contribution is 6.04. The van der Waals surface area contributed by atoms with Crippen LogP contribution in [0.3, 0.4) is 0 Å². The van der Waals surface area contributed by atoms with Crippen molar-refractivity contribution in [2.24, 2.45) is 11.8 Å². The largest absolute Gasteiger partial charge is 0.491 e. The van der Waals surface area contributed by atoms with Gasteiger partial charge in [-0.2, -0.15) is 5.10 Å². The van der Waals surface area contributed by atoms with E-state index >= 15 is 0 Å². The van der Waals surface area contributed by atoms with E-state index < -0.39 is 11.5 Å². The van der Waals surface area contributed by atoms with Gasteiger partial charge in [0, 0.05) is 41.4 Å². The maximum Gasteiger partial charge on any atom is 0.325 e. The van der Waals surface area contributed by atoms with Crippen LogP contribution in [0.15, 0.2) is 36.5 Å². The number of fused-ring (bicyclic) bond motifs is 1. The third-order valence-corrected chi connectivity index (χ3v) is 7.96. The van der Waals surface area contributed by atoms with Crippen LogP contribution in [-0.2, 0) is 0 Å². The van der Waals surface area contributed by atoms with Crippen LogP contribution in [0.2, 0.25) is 0 Å². The number of aliphatic hydroxyl groups is 1. The van der Waals surface area contributed by atoms with Crippen LogP contribution in [0.1, 0.15) is 73.6 Å². The summed E-state index contributed by atoms with van der Waals surface area (Å²) < 4.78 is 9.02. The van der Waals surface area contributed by atoms with Crippen LogP contribution in [0.25, 0.3) is 10.9 Å². The van der Waals surface area contributed by atoms with Gasteiger partial charge in [0.1, 0.15) is 5.75 Å². The van der Waals surface area contributed by atoms with Crippen molar-refractivity contribution in [1.82, 2.24) is 9.78 Å². The smallest absolute Gasteiger partial charge is 0.325 e. The van der Waals surface area contributed by atoms with Crippen molar-refractivity contribution in [2.45, 2.75) is 69.9 Å². The third kappa shape index (κ3) is 4.47. The number of nitrogens with one attached hydrogen (secondary N) is 1. The number of hydrogen-bond donors (Lipinski definition) is 3. The fourth-order valence-electron chi connectivity index (χ4n) is 5.33. The number of nitrogens with zero attached hydrogens (tertiary/aromatic N) is 3. The molecule has 0 atom stereocenters. The maximum absolute atomic E-state index is 13.0. The molecule has 0 unspecified atom stereocenters. The number of pyridine rings is 1. The van der Waals surface area contributed by atoms with Gasteiger partial charge in [0.05, 0.1) is 29.5 Å². The molecule has 0 spiro atoms. The van der Waals surface area contributed by atoms with Crippen LogP contribution in [0.5, 0.6) is 5.75 Å². The first kappa shape index (κ1) is 22.3. The molecule has 0 saturated heterocycles. The van der Waals surface area contributed by atoms with Gasteiger partial charge in [0.25, 0.3) is 0 Å². The van der Waals surface area contributed by atoms with E-state index in [-0.39, 0.29) is 11.7 Å². The van der Waals surface area contributed by atoms with E-state index in [2.05, 4.69) is 5.32 Å². The molecule has 2 aromatic heterocycles. The molecule has 3 saturated carbocycles. The Kier molecular flexibility index (Phi) is 5.44. The average Bonchev–Trinajstić information content (AvgIpc) is 3.77. The SMILES string of the molecule is Cc1cccc(C(=O)Nc2cc3cn(C4CCC(O)(C5CC5)CC4)nc3cc2OCC2CC2)[n+]1O. The number of hydrogen-bond acceptors (Lipinski definition) is 5. The van der Waals surface area contributed by atoms with Gasteiger partial charge in [-0.25, -0.2) is 0 Å². The summed E-state index contributed by atoms with van der Waals surface area (Å²) in [5.41, 5.74) is 1.63. The second kappa shape index (κ2) is 8.52. The Bertz CT molecular complexity index is 1270. The Morgan fingerprint density at radius 2 is 1.97 bits per heavy atom. The second-order valence-corrected chi connectivity index (χ2v) is 10.7. The van der Waals surface area contributed by atoms with Crippen LogP contribution >= 0.6 is 0 Å². The highest BCUT2D eigenvalue weighted by Crippen LogP contribution is 2.49. The Balaban J connectivity index is 1.27. The van der Waals surface area contributed by atoms with Gasteiger partial charge >= 0.3 is 11.6 Å². The summed E-state index contributed by atoms with van der Waals surface area (Å²) in [5, 5.41) is 29.9. The molecule has 3 aliphatic carbocycles. The summed E-state index contributed by atoms with van der Waals surface area (Å²) >= 11 is 0. The van der Waals surface area contributed by atoms with E-state index in [9.17, 15) is 15.1 Å². The monoisotopic (exact) mass is 477 g/mol. The highest BCUT2D eigenvalue weighted by atomic mass is 16.5. The number of anilines is 1. The van der Waals surface area contributed by atoms with Crippen molar-refractivity contribution in [3.63, 3.8) is 0 Å². The molecule has 1 aromatic carbocycles. The molecule has 3 aromatic rings. The van der Waals surface area contributed by atoms with E-state index in [1.165, 1.54) is 12.8 Å². The van der Waals surface area contributed by atoms with E-state index in [1.807, 2.05) is 23.0 Å². The Labute approximate surface area is 204 Å². The first-order chi connectivity index (χ1) is 16.9. The summed E-state index contributed by atoms with van der Waals surface area (Å²) in [7, 11) is 0. The molecule has 0 radical (unpaired) electrons. The summed E-state index contributed by atoms with van der Waals surface area (Å²) in [4.78, 5) is 13.0. The molecule has 35 heavy (non-hydrogen) atoms. The number of carbonyl (C=O) groups excluding carboxylic acids is 1. The average molecular weight is 478 g/mol. The van der Waals surface area contributed by atoms with Crippen LogP contribution < -0.4 is 14.8 Å². The van der Waals surface area contributed by atoms with Crippen molar-refractivity contribution in [3.8, 4) is 5.75 Å². The molecule has 184 valence electrons. The molecule has 1 amide bonds. The van der Waals surface area contributed by atoms with Crippen molar-refractivity contribution in [3.05, 3.63) is 47.9 Å². The Hall–Kier alpha value is -3.13. The first-order valence-corrected chi connectivity index (χ1v) is 12.8. The van der Waals surface area contributed by atoms with Gasteiger partial charge in [0.15, 0.2) is 0 Å². The zero-order chi connectivity index (χ0) is 24.2. The standard InChI is InChI=1S/C27H32N4O4/c1-17-3-2-4-24(31(17)34)26(32)28-23-13-19-15-30(21-9-11-27(33,12-10-21)20-7-8-20)29-22(19)14-25(23)35-16-18-5-6-18/h2-4,13-15,18,20-21,33H,5-12,16H2,1H3,(H-,28,32,34)/p+1.